The molecule has 0 unspecified atom stereocenters. The summed E-state index contributed by atoms with van der Waals surface area (Å²) in [6.45, 7) is 1.17. The molecule has 0 spiro atoms. The van der Waals surface area contributed by atoms with Crippen LogP contribution in [0.15, 0.2) is 29.3 Å². The average Bonchev–Trinajstić information content (AvgIpc) is 3.38. The second kappa shape index (κ2) is 12.0. The van der Waals surface area contributed by atoms with Gasteiger partial charge in [-0.2, -0.15) is 5.10 Å². The van der Waals surface area contributed by atoms with Crippen molar-refractivity contribution in [3.05, 3.63) is 40.0 Å². The van der Waals surface area contributed by atoms with Crippen molar-refractivity contribution in [2.75, 3.05) is 19.6 Å². The Bertz CT molecular complexity index is 1100. The van der Waals surface area contributed by atoms with E-state index in [1.165, 1.54) is 0 Å². The van der Waals surface area contributed by atoms with Crippen LogP contribution in [0.3, 0.4) is 0 Å². The Hall–Kier alpha value is -2.78. The second-order valence-electron chi connectivity index (χ2n) is 9.61. The standard InChI is InChI=1S/C25H33Cl2N7O2/c26-18-7-6-17(12-19(18)27)21-13-20(32-33-21)15-8-10-34(11-9-15)22(35)14-30-24(36)23(31-25(28)29)16-4-2-1-3-5-16/h6-7,12-13,15-16,23H,1-5,8-11,14H2,(H,30,36)(H,32,33)(H4,28,29,31)/t23-/m1/s1. The maximum Gasteiger partial charge on any atom is 0.245 e. The van der Waals surface area contributed by atoms with E-state index >= 15 is 0 Å². The van der Waals surface area contributed by atoms with Gasteiger partial charge in [0.2, 0.25) is 11.8 Å². The molecule has 0 bridgehead atoms. The van der Waals surface area contributed by atoms with Crippen LogP contribution in [0.4, 0.5) is 0 Å². The molecule has 4 rings (SSSR count). The third kappa shape index (κ3) is 6.50. The lowest BCUT2D eigenvalue weighted by Crippen LogP contribution is -2.47. The molecule has 11 heteroatoms. The quantitative estimate of drug-likeness (QED) is 0.318. The number of likely N-dealkylation sites (tertiary alicyclic amines) is 1. The molecule has 1 aliphatic heterocycles. The molecule has 1 saturated carbocycles. The molecule has 194 valence electrons. The molecule has 1 aromatic carbocycles. The summed E-state index contributed by atoms with van der Waals surface area (Å²) in [6, 6.07) is 6.82. The fourth-order valence-electron chi connectivity index (χ4n) is 5.16. The van der Waals surface area contributed by atoms with Crippen LogP contribution in [0.2, 0.25) is 10.0 Å². The summed E-state index contributed by atoms with van der Waals surface area (Å²) < 4.78 is 0. The fourth-order valence-corrected chi connectivity index (χ4v) is 5.45. The molecule has 6 N–H and O–H groups in total. The van der Waals surface area contributed by atoms with Gasteiger partial charge in [0.25, 0.3) is 0 Å². The van der Waals surface area contributed by atoms with Crippen molar-refractivity contribution in [2.45, 2.75) is 56.9 Å². The molecule has 2 amide bonds. The molecule has 1 saturated heterocycles. The van der Waals surface area contributed by atoms with Gasteiger partial charge in [-0.25, -0.2) is 4.99 Å². The minimum Gasteiger partial charge on any atom is -0.370 e. The number of halogens is 2. The lowest BCUT2D eigenvalue weighted by atomic mass is 9.83. The number of carbonyl (C=O) groups excluding carboxylic acids is 2. The largest absolute Gasteiger partial charge is 0.370 e. The number of aromatic nitrogens is 2. The number of piperidine rings is 1. The third-order valence-corrected chi connectivity index (χ3v) is 7.91. The highest BCUT2D eigenvalue weighted by Crippen LogP contribution is 2.32. The van der Waals surface area contributed by atoms with Crippen LogP contribution in [-0.2, 0) is 9.59 Å². The number of carbonyl (C=O) groups is 2. The van der Waals surface area contributed by atoms with E-state index in [-0.39, 0.29) is 36.2 Å². The Morgan fingerprint density at radius 3 is 2.47 bits per heavy atom. The van der Waals surface area contributed by atoms with E-state index in [1.54, 1.807) is 17.0 Å². The van der Waals surface area contributed by atoms with Crippen molar-refractivity contribution in [3.63, 3.8) is 0 Å². The maximum atomic E-state index is 12.8. The number of H-pyrrole nitrogens is 1. The molecule has 1 atom stereocenters. The predicted octanol–water partition coefficient (Wildman–Crippen LogP) is 3.43. The van der Waals surface area contributed by atoms with Crippen molar-refractivity contribution in [3.8, 4) is 11.3 Å². The van der Waals surface area contributed by atoms with Crippen LogP contribution >= 0.6 is 23.2 Å². The fraction of sp³-hybridized carbons (Fsp3) is 0.520. The Kier molecular flexibility index (Phi) is 8.74. The molecule has 2 fully saturated rings. The predicted molar refractivity (Wildman–Crippen MR) is 142 cm³/mol. The number of nitrogens with one attached hydrogen (secondary N) is 2. The summed E-state index contributed by atoms with van der Waals surface area (Å²) >= 11 is 12.2. The van der Waals surface area contributed by atoms with E-state index in [0.717, 1.165) is 61.9 Å². The van der Waals surface area contributed by atoms with Crippen molar-refractivity contribution >= 4 is 41.0 Å². The Morgan fingerprint density at radius 2 is 1.81 bits per heavy atom. The topological polar surface area (TPSA) is 142 Å². The number of nitrogens with two attached hydrogens (primary N) is 2. The Morgan fingerprint density at radius 1 is 1.08 bits per heavy atom. The molecule has 0 radical (unpaired) electrons. The van der Waals surface area contributed by atoms with Gasteiger partial charge >= 0.3 is 0 Å². The van der Waals surface area contributed by atoms with Gasteiger partial charge in [0.1, 0.15) is 6.04 Å². The zero-order valence-electron chi connectivity index (χ0n) is 20.2. The van der Waals surface area contributed by atoms with E-state index in [1.807, 2.05) is 12.1 Å². The SMILES string of the molecule is NC(N)=N[C@@H](C(=O)NCC(=O)N1CCC(c2cc(-c3ccc(Cl)c(Cl)c3)n[nH]2)CC1)C1CCCCC1. The first kappa shape index (κ1) is 26.3. The number of benzene rings is 1. The van der Waals surface area contributed by atoms with Gasteiger partial charge in [0.05, 0.1) is 22.3 Å². The van der Waals surface area contributed by atoms with Crippen molar-refractivity contribution in [1.82, 2.24) is 20.4 Å². The molecule has 1 aliphatic carbocycles. The smallest absolute Gasteiger partial charge is 0.245 e. The summed E-state index contributed by atoms with van der Waals surface area (Å²) in [7, 11) is 0. The highest BCUT2D eigenvalue weighted by molar-refractivity contribution is 6.42. The first-order chi connectivity index (χ1) is 17.3. The lowest BCUT2D eigenvalue weighted by molar-refractivity contribution is -0.134. The van der Waals surface area contributed by atoms with Gasteiger partial charge in [-0.3, -0.25) is 14.7 Å². The molecule has 2 aliphatic rings. The van der Waals surface area contributed by atoms with E-state index < -0.39 is 6.04 Å². The zero-order chi connectivity index (χ0) is 25.7. The number of hydrogen-bond donors (Lipinski definition) is 4. The molecule has 1 aromatic heterocycles. The van der Waals surface area contributed by atoms with Gasteiger partial charge in [-0.15, -0.1) is 0 Å². The number of guanidine groups is 1. The monoisotopic (exact) mass is 533 g/mol. The van der Waals surface area contributed by atoms with Crippen molar-refractivity contribution < 1.29 is 9.59 Å². The van der Waals surface area contributed by atoms with Crippen molar-refractivity contribution in [2.24, 2.45) is 22.4 Å². The minimum atomic E-state index is -0.640. The molecular formula is C25H33Cl2N7O2. The second-order valence-corrected chi connectivity index (χ2v) is 10.4. The first-order valence-corrected chi connectivity index (χ1v) is 13.2. The molecule has 2 heterocycles. The molecule has 36 heavy (non-hydrogen) atoms. The number of hydrogen-bond acceptors (Lipinski definition) is 4. The van der Waals surface area contributed by atoms with Crippen molar-refractivity contribution in [1.29, 1.82) is 0 Å². The maximum absolute atomic E-state index is 12.8. The highest BCUT2D eigenvalue weighted by atomic mass is 35.5. The average molecular weight is 534 g/mol. The van der Waals surface area contributed by atoms with Gasteiger partial charge in [0.15, 0.2) is 5.96 Å². The Labute approximate surface area is 221 Å². The number of aromatic amines is 1. The summed E-state index contributed by atoms with van der Waals surface area (Å²) in [4.78, 5) is 31.6. The van der Waals surface area contributed by atoms with Gasteiger partial charge in [-0.05, 0) is 49.8 Å². The number of rotatable bonds is 7. The van der Waals surface area contributed by atoms with E-state index in [0.29, 0.717) is 23.1 Å². The normalized spacial score (nSPS) is 18.0. The zero-order valence-corrected chi connectivity index (χ0v) is 21.7. The van der Waals surface area contributed by atoms with E-state index in [9.17, 15) is 9.59 Å². The van der Waals surface area contributed by atoms with Crippen LogP contribution in [0.5, 0.6) is 0 Å². The van der Waals surface area contributed by atoms with Gasteiger partial charge in [-0.1, -0.05) is 48.5 Å². The van der Waals surface area contributed by atoms with Crippen LogP contribution in [0.25, 0.3) is 11.3 Å². The van der Waals surface area contributed by atoms with Crippen LogP contribution in [-0.4, -0.2) is 58.5 Å². The third-order valence-electron chi connectivity index (χ3n) is 7.17. The molecule has 9 nitrogen and oxygen atoms in total. The van der Waals surface area contributed by atoms with E-state index in [2.05, 4.69) is 20.5 Å². The van der Waals surface area contributed by atoms with Gasteiger partial charge in [0, 0.05) is 30.3 Å². The summed E-state index contributed by atoms with van der Waals surface area (Å²) in [5, 5.41) is 11.3. The number of nitrogens with zero attached hydrogens (tertiary/aromatic N) is 3. The number of amides is 2. The summed E-state index contributed by atoms with van der Waals surface area (Å²) in [6.07, 6.45) is 6.73. The summed E-state index contributed by atoms with van der Waals surface area (Å²) in [5.41, 5.74) is 13.9. The molecule has 2 aromatic rings. The minimum absolute atomic E-state index is 0.0573. The Balaban J connectivity index is 1.28. The lowest BCUT2D eigenvalue weighted by Gasteiger charge is -2.32. The van der Waals surface area contributed by atoms with E-state index in [4.69, 9.17) is 34.7 Å². The van der Waals surface area contributed by atoms with Gasteiger partial charge < -0.3 is 21.7 Å². The highest BCUT2D eigenvalue weighted by Gasteiger charge is 2.31. The van der Waals surface area contributed by atoms with Crippen LogP contribution in [0, 0.1) is 5.92 Å². The molecular weight excluding hydrogens is 501 g/mol. The van der Waals surface area contributed by atoms with Crippen LogP contribution in [0.1, 0.15) is 56.6 Å². The van der Waals surface area contributed by atoms with Crippen LogP contribution < -0.4 is 16.8 Å². The number of aliphatic imine (C=N–C) groups is 1. The first-order valence-electron chi connectivity index (χ1n) is 12.5. The summed E-state index contributed by atoms with van der Waals surface area (Å²) in [5.74, 6) is -0.115.